The van der Waals surface area contributed by atoms with Crippen LogP contribution < -0.4 is 0 Å². The molecule has 0 bridgehead atoms. The molecule has 1 aliphatic rings. The van der Waals surface area contributed by atoms with Crippen LogP contribution in [0.5, 0.6) is 0 Å². The number of sulfonamides is 1. The molecule has 25 heavy (non-hydrogen) atoms. The fourth-order valence-corrected chi connectivity index (χ4v) is 5.48. The molecule has 0 amide bonds. The van der Waals surface area contributed by atoms with Crippen LogP contribution in [0, 0.1) is 12.7 Å². The average molecular weight is 358 g/mol. The normalized spacial score (nSPS) is 18.9. The van der Waals surface area contributed by atoms with Crippen molar-refractivity contribution in [3.63, 3.8) is 0 Å². The Hall–Kier alpha value is -2.18. The third-order valence-corrected chi connectivity index (χ3v) is 6.81. The summed E-state index contributed by atoms with van der Waals surface area (Å²) in [6, 6.07) is 12.8. The minimum absolute atomic E-state index is 0.277. The quantitative estimate of drug-likeness (QED) is 0.765. The predicted octanol–water partition coefficient (Wildman–Crippen LogP) is 4.14. The molecule has 4 nitrogen and oxygen atoms in total. The van der Waals surface area contributed by atoms with Crippen molar-refractivity contribution >= 4 is 20.9 Å². The second kappa shape index (κ2) is 5.97. The number of H-pyrrole nitrogens is 1. The summed E-state index contributed by atoms with van der Waals surface area (Å²) in [4.78, 5) is 3.55. The molecular weight excluding hydrogens is 339 g/mol. The van der Waals surface area contributed by atoms with Crippen LogP contribution in [0.3, 0.4) is 0 Å². The molecule has 1 unspecified atom stereocenters. The molecule has 1 aliphatic heterocycles. The van der Waals surface area contributed by atoms with Crippen molar-refractivity contribution in [3.05, 3.63) is 65.6 Å². The van der Waals surface area contributed by atoms with E-state index in [1.807, 2.05) is 6.92 Å². The first-order valence-corrected chi connectivity index (χ1v) is 9.77. The minimum atomic E-state index is -3.58. The van der Waals surface area contributed by atoms with Gasteiger partial charge in [-0.1, -0.05) is 18.2 Å². The number of rotatable bonds is 3. The molecule has 2 heterocycles. The molecule has 6 heteroatoms. The largest absolute Gasteiger partial charge is 0.358 e. The number of nitrogens with zero attached hydrogens (tertiary/aromatic N) is 1. The monoisotopic (exact) mass is 358 g/mol. The van der Waals surface area contributed by atoms with Crippen LogP contribution in [0.1, 0.15) is 30.1 Å². The van der Waals surface area contributed by atoms with Gasteiger partial charge in [0, 0.05) is 23.1 Å². The molecule has 1 atom stereocenters. The van der Waals surface area contributed by atoms with Gasteiger partial charge in [0.2, 0.25) is 10.0 Å². The standard InChI is InChI=1S/C19H19FN2O2S/c1-13-19(16-12-14(20)9-10-17(16)21-13)18-8-5-11-22(18)25(23,24)15-6-3-2-4-7-15/h2-4,6-7,9-10,12,18,21H,5,8,11H2,1H3. The van der Waals surface area contributed by atoms with Gasteiger partial charge < -0.3 is 4.98 Å². The number of nitrogens with one attached hydrogen (secondary N) is 1. The first-order chi connectivity index (χ1) is 12.0. The van der Waals surface area contributed by atoms with E-state index in [1.165, 1.54) is 12.1 Å². The lowest BCUT2D eigenvalue weighted by Crippen LogP contribution is -2.30. The van der Waals surface area contributed by atoms with Gasteiger partial charge in [-0.2, -0.15) is 4.31 Å². The molecular formula is C19H19FN2O2S. The maximum atomic E-state index is 13.8. The second-order valence-electron chi connectivity index (χ2n) is 6.44. The smallest absolute Gasteiger partial charge is 0.243 e. The number of aromatic amines is 1. The molecule has 130 valence electrons. The number of hydrogen-bond acceptors (Lipinski definition) is 2. The Labute approximate surface area is 146 Å². The Morgan fingerprint density at radius 1 is 1.16 bits per heavy atom. The van der Waals surface area contributed by atoms with Crippen LogP contribution in [0.4, 0.5) is 4.39 Å². The minimum Gasteiger partial charge on any atom is -0.358 e. The summed E-state index contributed by atoms with van der Waals surface area (Å²) in [5.41, 5.74) is 2.60. The lowest BCUT2D eigenvalue weighted by atomic mass is 10.0. The highest BCUT2D eigenvalue weighted by Crippen LogP contribution is 2.41. The molecule has 0 aliphatic carbocycles. The van der Waals surface area contributed by atoms with Crippen molar-refractivity contribution in [1.82, 2.24) is 9.29 Å². The fraction of sp³-hybridized carbons (Fsp3) is 0.263. The molecule has 2 aromatic carbocycles. The first-order valence-electron chi connectivity index (χ1n) is 8.33. The van der Waals surface area contributed by atoms with Crippen molar-refractivity contribution in [3.8, 4) is 0 Å². The van der Waals surface area contributed by atoms with E-state index >= 15 is 0 Å². The van der Waals surface area contributed by atoms with Crippen LogP contribution in [-0.4, -0.2) is 24.3 Å². The first kappa shape index (κ1) is 16.3. The Bertz CT molecular complexity index is 1030. The molecule has 0 saturated carbocycles. The highest BCUT2D eigenvalue weighted by atomic mass is 32.2. The van der Waals surface area contributed by atoms with Gasteiger partial charge in [-0.05, 0) is 55.7 Å². The van der Waals surface area contributed by atoms with Crippen LogP contribution in [-0.2, 0) is 10.0 Å². The SMILES string of the molecule is Cc1[nH]c2ccc(F)cc2c1C1CCCN1S(=O)(=O)c1ccccc1. The van der Waals surface area contributed by atoms with E-state index in [0.717, 1.165) is 35.0 Å². The van der Waals surface area contributed by atoms with Crippen LogP contribution in [0.2, 0.25) is 0 Å². The van der Waals surface area contributed by atoms with Gasteiger partial charge in [0.15, 0.2) is 0 Å². The number of halogens is 1. The third kappa shape index (κ3) is 2.65. The molecule has 4 rings (SSSR count). The summed E-state index contributed by atoms with van der Waals surface area (Å²) in [7, 11) is -3.58. The summed E-state index contributed by atoms with van der Waals surface area (Å²) >= 11 is 0. The Morgan fingerprint density at radius 3 is 2.68 bits per heavy atom. The van der Waals surface area contributed by atoms with Gasteiger partial charge in [-0.15, -0.1) is 0 Å². The van der Waals surface area contributed by atoms with Crippen LogP contribution in [0.25, 0.3) is 10.9 Å². The Kier molecular flexibility index (Phi) is 3.89. The highest BCUT2D eigenvalue weighted by Gasteiger charge is 2.38. The predicted molar refractivity (Wildman–Crippen MR) is 95.3 cm³/mol. The van der Waals surface area contributed by atoms with Gasteiger partial charge >= 0.3 is 0 Å². The molecule has 1 fully saturated rings. The fourth-order valence-electron chi connectivity index (χ4n) is 3.79. The average Bonchev–Trinajstić information content (AvgIpc) is 3.19. The molecule has 3 aromatic rings. The zero-order chi connectivity index (χ0) is 17.6. The second-order valence-corrected chi connectivity index (χ2v) is 8.33. The Morgan fingerprint density at radius 2 is 1.92 bits per heavy atom. The summed E-state index contributed by atoms with van der Waals surface area (Å²) in [5.74, 6) is -0.316. The Balaban J connectivity index is 1.83. The van der Waals surface area contributed by atoms with Gasteiger partial charge in [0.1, 0.15) is 5.82 Å². The number of aryl methyl sites for hydroxylation is 1. The van der Waals surface area contributed by atoms with E-state index in [4.69, 9.17) is 0 Å². The van der Waals surface area contributed by atoms with Crippen molar-refractivity contribution in [2.24, 2.45) is 0 Å². The van der Waals surface area contributed by atoms with Gasteiger partial charge in [0.05, 0.1) is 10.9 Å². The zero-order valence-electron chi connectivity index (χ0n) is 13.9. The van der Waals surface area contributed by atoms with E-state index < -0.39 is 10.0 Å². The van der Waals surface area contributed by atoms with Crippen molar-refractivity contribution in [2.75, 3.05) is 6.54 Å². The number of benzene rings is 2. The van der Waals surface area contributed by atoms with E-state index in [1.54, 1.807) is 40.7 Å². The number of hydrogen-bond donors (Lipinski definition) is 1. The third-order valence-electron chi connectivity index (χ3n) is 4.88. The van der Waals surface area contributed by atoms with Crippen molar-refractivity contribution in [2.45, 2.75) is 30.7 Å². The summed E-state index contributed by atoms with van der Waals surface area (Å²) in [5, 5.41) is 0.762. The molecule has 0 spiro atoms. The maximum absolute atomic E-state index is 13.8. The van der Waals surface area contributed by atoms with E-state index in [-0.39, 0.29) is 11.9 Å². The number of aromatic nitrogens is 1. The summed E-state index contributed by atoms with van der Waals surface area (Å²) in [6.45, 7) is 2.39. The van der Waals surface area contributed by atoms with E-state index in [2.05, 4.69) is 4.98 Å². The van der Waals surface area contributed by atoms with Gasteiger partial charge in [-0.25, -0.2) is 12.8 Å². The van der Waals surface area contributed by atoms with E-state index in [0.29, 0.717) is 11.4 Å². The highest BCUT2D eigenvalue weighted by molar-refractivity contribution is 7.89. The van der Waals surface area contributed by atoms with Crippen molar-refractivity contribution < 1.29 is 12.8 Å². The van der Waals surface area contributed by atoms with Crippen LogP contribution >= 0.6 is 0 Å². The molecule has 1 N–H and O–H groups in total. The van der Waals surface area contributed by atoms with Crippen molar-refractivity contribution in [1.29, 1.82) is 0 Å². The zero-order valence-corrected chi connectivity index (χ0v) is 14.7. The summed E-state index contributed by atoms with van der Waals surface area (Å²) < 4.78 is 41.5. The molecule has 1 aromatic heterocycles. The van der Waals surface area contributed by atoms with Crippen LogP contribution in [0.15, 0.2) is 53.4 Å². The maximum Gasteiger partial charge on any atom is 0.243 e. The summed E-state index contributed by atoms with van der Waals surface area (Å²) in [6.07, 6.45) is 1.52. The lowest BCUT2D eigenvalue weighted by molar-refractivity contribution is 0.397. The molecule has 1 saturated heterocycles. The van der Waals surface area contributed by atoms with Gasteiger partial charge in [-0.3, -0.25) is 0 Å². The number of fused-ring (bicyclic) bond motifs is 1. The topological polar surface area (TPSA) is 53.2 Å². The van der Waals surface area contributed by atoms with Gasteiger partial charge in [0.25, 0.3) is 0 Å². The lowest BCUT2D eigenvalue weighted by Gasteiger charge is -2.24. The molecule has 0 radical (unpaired) electrons. The van der Waals surface area contributed by atoms with E-state index in [9.17, 15) is 12.8 Å².